The molecular weight excluding hydrogens is 406 g/mol. The van der Waals surface area contributed by atoms with E-state index in [9.17, 15) is 4.79 Å². The van der Waals surface area contributed by atoms with Gasteiger partial charge in [0.1, 0.15) is 13.1 Å². The van der Waals surface area contributed by atoms with Crippen molar-refractivity contribution in [2.75, 3.05) is 32.7 Å². The van der Waals surface area contributed by atoms with Crippen LogP contribution in [-0.2, 0) is 4.79 Å². The van der Waals surface area contributed by atoms with E-state index in [4.69, 9.17) is 4.99 Å². The Hall–Kier alpha value is -1.16. The van der Waals surface area contributed by atoms with Gasteiger partial charge in [0.2, 0.25) is 5.91 Å². The molecule has 1 aliphatic rings. The van der Waals surface area contributed by atoms with Gasteiger partial charge in [0.05, 0.1) is 19.6 Å². The zero-order chi connectivity index (χ0) is 24.0. The molecule has 1 atom stereocenters. The van der Waals surface area contributed by atoms with Gasteiger partial charge in [0, 0.05) is 13.3 Å². The van der Waals surface area contributed by atoms with Crippen LogP contribution >= 0.6 is 0 Å². The standard InChI is InChI=1S/C29H55N3O/c1-4-6-7-8-9-10-11-12-13-14-15-16-17-18-19-20-21-22-23-29-31-25-27-32(29,5-2)26-24-30-28(3)33/h10-11H,4-9,12-27H2,1-3H3/p+1/b11-10+. The van der Waals surface area contributed by atoms with Crippen LogP contribution in [-0.4, -0.2) is 48.9 Å². The second kappa shape index (κ2) is 20.2. The molecule has 0 radical (unpaired) electrons. The Morgan fingerprint density at radius 3 is 1.94 bits per heavy atom. The highest BCUT2D eigenvalue weighted by Crippen LogP contribution is 2.20. The molecule has 1 amide bonds. The van der Waals surface area contributed by atoms with E-state index in [-0.39, 0.29) is 5.91 Å². The van der Waals surface area contributed by atoms with E-state index in [2.05, 4.69) is 31.3 Å². The number of rotatable bonds is 22. The third kappa shape index (κ3) is 14.7. The molecule has 1 aliphatic heterocycles. The van der Waals surface area contributed by atoms with Gasteiger partial charge < -0.3 is 5.32 Å². The third-order valence-corrected chi connectivity index (χ3v) is 7.30. The van der Waals surface area contributed by atoms with Crippen molar-refractivity contribution in [2.45, 2.75) is 130 Å². The molecule has 4 nitrogen and oxygen atoms in total. The molecule has 1 N–H and O–H groups in total. The third-order valence-electron chi connectivity index (χ3n) is 7.30. The number of hydrogen-bond acceptors (Lipinski definition) is 2. The number of quaternary nitrogens is 1. The maximum atomic E-state index is 11.2. The highest BCUT2D eigenvalue weighted by molar-refractivity contribution is 5.77. The van der Waals surface area contributed by atoms with Crippen LogP contribution in [0.1, 0.15) is 130 Å². The predicted octanol–water partition coefficient (Wildman–Crippen LogP) is 7.58. The maximum absolute atomic E-state index is 11.2. The SMILES string of the molecule is CCCCCC/C=C/CCCCCCCCCCCCC1=NCC[N+]1(CC)CCNC(C)=O. The Morgan fingerprint density at radius 1 is 0.848 bits per heavy atom. The van der Waals surface area contributed by atoms with Crippen molar-refractivity contribution in [2.24, 2.45) is 4.99 Å². The van der Waals surface area contributed by atoms with Crippen LogP contribution in [0.25, 0.3) is 0 Å². The Bertz CT molecular complexity index is 543. The van der Waals surface area contributed by atoms with Crippen LogP contribution in [0.3, 0.4) is 0 Å². The maximum Gasteiger partial charge on any atom is 0.217 e. The molecule has 0 aromatic heterocycles. The summed E-state index contributed by atoms with van der Waals surface area (Å²) in [5.41, 5.74) is 0. The van der Waals surface area contributed by atoms with Gasteiger partial charge in [-0.2, -0.15) is 0 Å². The molecule has 1 unspecified atom stereocenters. The normalized spacial score (nSPS) is 18.2. The fourth-order valence-electron chi connectivity index (χ4n) is 5.04. The van der Waals surface area contributed by atoms with Crippen molar-refractivity contribution in [3.63, 3.8) is 0 Å². The van der Waals surface area contributed by atoms with E-state index in [1.165, 1.54) is 109 Å². The van der Waals surface area contributed by atoms with E-state index in [0.717, 1.165) is 43.6 Å². The fourth-order valence-corrected chi connectivity index (χ4v) is 5.04. The molecular formula is C29H56N3O+. The molecule has 0 spiro atoms. The van der Waals surface area contributed by atoms with Crippen LogP contribution < -0.4 is 5.32 Å². The molecule has 1 rings (SSSR count). The topological polar surface area (TPSA) is 41.5 Å². The number of nitrogens with zero attached hydrogens (tertiary/aromatic N) is 2. The quantitative estimate of drug-likeness (QED) is 0.101. The molecule has 192 valence electrons. The summed E-state index contributed by atoms with van der Waals surface area (Å²) in [4.78, 5) is 16.0. The number of amides is 1. The van der Waals surface area contributed by atoms with Crippen LogP contribution in [0, 0.1) is 0 Å². The highest BCUT2D eigenvalue weighted by atomic mass is 16.1. The first kappa shape index (κ1) is 29.9. The zero-order valence-electron chi connectivity index (χ0n) is 22.5. The summed E-state index contributed by atoms with van der Waals surface area (Å²) < 4.78 is 0.995. The Balaban J connectivity index is 1.93. The van der Waals surface area contributed by atoms with Gasteiger partial charge in [0.25, 0.3) is 0 Å². The summed E-state index contributed by atoms with van der Waals surface area (Å²) in [7, 11) is 0. The Morgan fingerprint density at radius 2 is 1.39 bits per heavy atom. The smallest absolute Gasteiger partial charge is 0.217 e. The summed E-state index contributed by atoms with van der Waals surface area (Å²) in [5, 5.41) is 2.97. The first-order valence-electron chi connectivity index (χ1n) is 14.4. The lowest BCUT2D eigenvalue weighted by atomic mass is 10.0. The summed E-state index contributed by atoms with van der Waals surface area (Å²) in [6, 6.07) is 0. The van der Waals surface area contributed by atoms with Gasteiger partial charge in [-0.25, -0.2) is 4.99 Å². The molecule has 0 aromatic carbocycles. The molecule has 0 bridgehead atoms. The second-order valence-corrected chi connectivity index (χ2v) is 10.1. The monoisotopic (exact) mass is 462 g/mol. The van der Waals surface area contributed by atoms with Crippen LogP contribution in [0.5, 0.6) is 0 Å². The number of aliphatic imine (C=N–C) groups is 1. The van der Waals surface area contributed by atoms with Crippen molar-refractivity contribution in [1.29, 1.82) is 0 Å². The van der Waals surface area contributed by atoms with E-state index >= 15 is 0 Å². The van der Waals surface area contributed by atoms with Gasteiger partial charge >= 0.3 is 0 Å². The second-order valence-electron chi connectivity index (χ2n) is 10.1. The fraction of sp³-hybridized carbons (Fsp3) is 0.862. The molecule has 0 aliphatic carbocycles. The molecule has 4 heteroatoms. The van der Waals surface area contributed by atoms with Gasteiger partial charge in [-0.05, 0) is 39.0 Å². The Kier molecular flexibility index (Phi) is 18.3. The minimum absolute atomic E-state index is 0.0718. The van der Waals surface area contributed by atoms with Crippen molar-refractivity contribution < 1.29 is 9.28 Å². The van der Waals surface area contributed by atoms with Gasteiger partial charge in [-0.1, -0.05) is 89.7 Å². The average molecular weight is 463 g/mol. The molecule has 0 saturated heterocycles. The molecule has 0 fully saturated rings. The lowest BCUT2D eigenvalue weighted by Gasteiger charge is -2.33. The number of nitrogens with one attached hydrogen (secondary N) is 1. The number of allylic oxidation sites excluding steroid dienone is 2. The van der Waals surface area contributed by atoms with Crippen LogP contribution in [0.15, 0.2) is 17.1 Å². The minimum Gasteiger partial charge on any atom is -0.351 e. The number of hydrogen-bond donors (Lipinski definition) is 1. The molecule has 0 saturated carbocycles. The van der Waals surface area contributed by atoms with Crippen molar-refractivity contribution in [1.82, 2.24) is 5.32 Å². The van der Waals surface area contributed by atoms with E-state index in [1.54, 1.807) is 6.92 Å². The van der Waals surface area contributed by atoms with Gasteiger partial charge in [-0.15, -0.1) is 0 Å². The largest absolute Gasteiger partial charge is 0.351 e. The number of amidine groups is 1. The first-order valence-corrected chi connectivity index (χ1v) is 14.4. The first-order chi connectivity index (χ1) is 16.1. The van der Waals surface area contributed by atoms with Crippen LogP contribution in [0.2, 0.25) is 0 Å². The van der Waals surface area contributed by atoms with E-state index in [0.29, 0.717) is 0 Å². The lowest BCUT2D eigenvalue weighted by molar-refractivity contribution is -0.833. The number of unbranched alkanes of at least 4 members (excludes halogenated alkanes) is 14. The van der Waals surface area contributed by atoms with E-state index in [1.807, 2.05) is 0 Å². The lowest BCUT2D eigenvalue weighted by Crippen LogP contribution is -2.54. The van der Waals surface area contributed by atoms with Crippen LogP contribution in [0.4, 0.5) is 0 Å². The summed E-state index contributed by atoms with van der Waals surface area (Å²) in [5.74, 6) is 1.46. The van der Waals surface area contributed by atoms with Crippen molar-refractivity contribution in [3.8, 4) is 0 Å². The number of carbonyl (C=O) groups excluding carboxylic acids is 1. The van der Waals surface area contributed by atoms with Gasteiger partial charge in [-0.3, -0.25) is 9.28 Å². The van der Waals surface area contributed by atoms with E-state index < -0.39 is 0 Å². The summed E-state index contributed by atoms with van der Waals surface area (Å²) in [6.07, 6.45) is 27.8. The summed E-state index contributed by atoms with van der Waals surface area (Å²) in [6.45, 7) is 11.1. The minimum atomic E-state index is 0.0718. The van der Waals surface area contributed by atoms with Crippen molar-refractivity contribution in [3.05, 3.63) is 12.2 Å². The molecule has 0 aromatic rings. The predicted molar refractivity (Wildman–Crippen MR) is 145 cm³/mol. The number of carbonyl (C=O) groups is 1. The Labute approximate surface area is 206 Å². The molecule has 33 heavy (non-hydrogen) atoms. The van der Waals surface area contributed by atoms with Gasteiger partial charge in [0.15, 0.2) is 5.84 Å². The summed E-state index contributed by atoms with van der Waals surface area (Å²) >= 11 is 0. The number of likely N-dealkylation sites (N-methyl/N-ethyl adjacent to an activating group) is 1. The molecule has 1 heterocycles. The highest BCUT2D eigenvalue weighted by Gasteiger charge is 2.35. The zero-order valence-corrected chi connectivity index (χ0v) is 22.5. The average Bonchev–Trinajstić information content (AvgIpc) is 3.21. The van der Waals surface area contributed by atoms with Crippen molar-refractivity contribution >= 4 is 11.7 Å².